The van der Waals surface area contributed by atoms with E-state index in [9.17, 15) is 5.11 Å². The van der Waals surface area contributed by atoms with Crippen molar-refractivity contribution in [3.8, 4) is 0 Å². The van der Waals surface area contributed by atoms with Crippen LogP contribution in [0, 0.1) is 6.92 Å². The van der Waals surface area contributed by atoms with E-state index in [2.05, 4.69) is 6.07 Å². The maximum Gasteiger partial charge on any atom is 0.0628 e. The van der Waals surface area contributed by atoms with Gasteiger partial charge in [-0.2, -0.15) is 11.8 Å². The molecule has 0 saturated heterocycles. The monoisotopic (exact) mass is 225 g/mol. The molecule has 0 fully saturated rings. The number of benzene rings is 1. The van der Waals surface area contributed by atoms with Crippen LogP contribution < -0.4 is 5.73 Å². The number of rotatable bonds is 4. The second-order valence-corrected chi connectivity index (χ2v) is 5.25. The Morgan fingerprint density at radius 3 is 2.67 bits per heavy atom. The van der Waals surface area contributed by atoms with Gasteiger partial charge in [-0.3, -0.25) is 0 Å². The Morgan fingerprint density at radius 1 is 1.40 bits per heavy atom. The Labute approximate surface area is 95.9 Å². The second kappa shape index (κ2) is 5.42. The van der Waals surface area contributed by atoms with Crippen LogP contribution in [0.5, 0.6) is 0 Å². The minimum Gasteiger partial charge on any atom is -0.399 e. The van der Waals surface area contributed by atoms with Crippen molar-refractivity contribution in [3.05, 3.63) is 29.3 Å². The van der Waals surface area contributed by atoms with E-state index < -0.39 is 0 Å². The van der Waals surface area contributed by atoms with Crippen molar-refractivity contribution in [2.45, 2.75) is 37.9 Å². The van der Waals surface area contributed by atoms with Gasteiger partial charge in [-0.25, -0.2) is 0 Å². The third kappa shape index (κ3) is 3.43. The van der Waals surface area contributed by atoms with Gasteiger partial charge in [-0.05, 0) is 31.0 Å². The van der Waals surface area contributed by atoms with Gasteiger partial charge in [0, 0.05) is 16.7 Å². The molecule has 2 atom stereocenters. The largest absolute Gasteiger partial charge is 0.399 e. The summed E-state index contributed by atoms with van der Waals surface area (Å²) in [5, 5.41) is 9.63. The molecular weight excluding hydrogens is 206 g/mol. The van der Waals surface area contributed by atoms with Crippen molar-refractivity contribution in [2.24, 2.45) is 0 Å². The van der Waals surface area contributed by atoms with Crippen LogP contribution in [0.4, 0.5) is 5.69 Å². The van der Waals surface area contributed by atoms with Gasteiger partial charge in [0.1, 0.15) is 0 Å². The summed E-state index contributed by atoms with van der Waals surface area (Å²) in [5.41, 5.74) is 9.09. The van der Waals surface area contributed by atoms with Crippen LogP contribution in [0.3, 0.4) is 0 Å². The topological polar surface area (TPSA) is 46.2 Å². The van der Waals surface area contributed by atoms with Gasteiger partial charge in [-0.15, -0.1) is 0 Å². The van der Waals surface area contributed by atoms with Gasteiger partial charge in [-0.1, -0.05) is 19.1 Å². The summed E-state index contributed by atoms with van der Waals surface area (Å²) in [6, 6.07) is 5.99. The average molecular weight is 225 g/mol. The zero-order chi connectivity index (χ0) is 11.4. The van der Waals surface area contributed by atoms with Crippen molar-refractivity contribution < 1.29 is 5.11 Å². The second-order valence-electron chi connectivity index (χ2n) is 3.89. The average Bonchev–Trinajstić information content (AvgIpc) is 2.19. The first kappa shape index (κ1) is 12.4. The highest BCUT2D eigenvalue weighted by molar-refractivity contribution is 7.99. The van der Waals surface area contributed by atoms with Gasteiger partial charge < -0.3 is 10.8 Å². The van der Waals surface area contributed by atoms with Crippen molar-refractivity contribution >= 4 is 17.4 Å². The van der Waals surface area contributed by atoms with E-state index >= 15 is 0 Å². The van der Waals surface area contributed by atoms with E-state index in [1.54, 1.807) is 11.8 Å². The molecule has 0 aliphatic heterocycles. The maximum absolute atomic E-state index is 9.38. The summed E-state index contributed by atoms with van der Waals surface area (Å²) in [7, 11) is 0. The molecule has 15 heavy (non-hydrogen) atoms. The van der Waals surface area contributed by atoms with Crippen LogP contribution in [0.15, 0.2) is 18.2 Å². The van der Waals surface area contributed by atoms with Crippen LogP contribution in [0.2, 0.25) is 0 Å². The van der Waals surface area contributed by atoms with Crippen molar-refractivity contribution in [1.82, 2.24) is 0 Å². The molecule has 0 aromatic heterocycles. The molecular formula is C12H19NOS. The molecule has 1 aromatic carbocycles. The summed E-state index contributed by atoms with van der Waals surface area (Å²) in [6.45, 7) is 5.90. The third-order valence-corrected chi connectivity index (χ3v) is 4.07. The van der Waals surface area contributed by atoms with E-state index in [0.717, 1.165) is 17.0 Å². The van der Waals surface area contributed by atoms with E-state index in [4.69, 9.17) is 5.73 Å². The molecule has 0 saturated carbocycles. The predicted molar refractivity (Wildman–Crippen MR) is 68.0 cm³/mol. The molecule has 3 heteroatoms. The van der Waals surface area contributed by atoms with E-state index in [1.807, 2.05) is 32.9 Å². The maximum atomic E-state index is 9.38. The highest BCUT2D eigenvalue weighted by Crippen LogP contribution is 2.24. The van der Waals surface area contributed by atoms with Gasteiger partial charge >= 0.3 is 0 Å². The summed E-state index contributed by atoms with van der Waals surface area (Å²) in [5.74, 6) is 0.906. The van der Waals surface area contributed by atoms with Crippen molar-refractivity contribution in [3.63, 3.8) is 0 Å². The normalized spacial score (nSPS) is 14.9. The van der Waals surface area contributed by atoms with Crippen LogP contribution in [0.1, 0.15) is 25.0 Å². The molecule has 0 aliphatic carbocycles. The molecule has 0 radical (unpaired) electrons. The van der Waals surface area contributed by atoms with Gasteiger partial charge in [0.05, 0.1) is 6.10 Å². The van der Waals surface area contributed by atoms with Crippen LogP contribution in [-0.2, 0) is 5.75 Å². The van der Waals surface area contributed by atoms with Crippen molar-refractivity contribution in [2.75, 3.05) is 5.73 Å². The lowest BCUT2D eigenvalue weighted by atomic mass is 10.1. The van der Waals surface area contributed by atoms with Crippen LogP contribution in [-0.4, -0.2) is 16.5 Å². The lowest BCUT2D eigenvalue weighted by Gasteiger charge is -2.15. The Kier molecular flexibility index (Phi) is 4.48. The minimum absolute atomic E-state index is 0.255. The number of thioether (sulfide) groups is 1. The summed E-state index contributed by atoms with van der Waals surface area (Å²) < 4.78 is 0. The third-order valence-electron chi connectivity index (χ3n) is 2.67. The minimum atomic E-state index is -0.267. The summed E-state index contributed by atoms with van der Waals surface area (Å²) in [4.78, 5) is 0. The van der Waals surface area contributed by atoms with Gasteiger partial charge in [0.15, 0.2) is 0 Å². The van der Waals surface area contributed by atoms with E-state index in [1.165, 1.54) is 5.56 Å². The Morgan fingerprint density at radius 2 is 2.07 bits per heavy atom. The smallest absolute Gasteiger partial charge is 0.0628 e. The SMILES string of the molecule is Cc1c(N)cccc1CSC(C)C(C)O. The number of anilines is 1. The molecule has 1 aromatic rings. The first-order valence-corrected chi connectivity index (χ1v) is 6.21. The highest BCUT2D eigenvalue weighted by atomic mass is 32.2. The molecule has 0 heterocycles. The van der Waals surface area contributed by atoms with Crippen LogP contribution in [0.25, 0.3) is 0 Å². The molecule has 3 N–H and O–H groups in total. The number of aliphatic hydroxyl groups excluding tert-OH is 1. The lowest BCUT2D eigenvalue weighted by molar-refractivity contribution is 0.196. The Hall–Kier alpha value is -0.670. The van der Waals surface area contributed by atoms with E-state index in [-0.39, 0.29) is 11.4 Å². The molecule has 84 valence electrons. The number of aliphatic hydroxyl groups is 1. The first-order valence-electron chi connectivity index (χ1n) is 5.16. The summed E-state index contributed by atoms with van der Waals surface area (Å²) >= 11 is 1.75. The molecule has 1 rings (SSSR count). The van der Waals surface area contributed by atoms with Crippen molar-refractivity contribution in [1.29, 1.82) is 0 Å². The van der Waals surface area contributed by atoms with Crippen LogP contribution >= 0.6 is 11.8 Å². The first-order chi connectivity index (χ1) is 7.02. The van der Waals surface area contributed by atoms with Gasteiger partial charge in [0.2, 0.25) is 0 Å². The zero-order valence-electron chi connectivity index (χ0n) is 9.53. The summed E-state index contributed by atoms with van der Waals surface area (Å²) in [6.07, 6.45) is -0.267. The fourth-order valence-corrected chi connectivity index (χ4v) is 2.25. The lowest BCUT2D eigenvalue weighted by Crippen LogP contribution is -2.15. The number of nitrogens with two attached hydrogens (primary N) is 1. The molecule has 0 spiro atoms. The van der Waals surface area contributed by atoms with E-state index in [0.29, 0.717) is 0 Å². The number of hydrogen-bond acceptors (Lipinski definition) is 3. The molecule has 2 nitrogen and oxygen atoms in total. The highest BCUT2D eigenvalue weighted by Gasteiger charge is 2.10. The Balaban J connectivity index is 2.62. The number of nitrogen functional groups attached to an aromatic ring is 1. The Bertz CT molecular complexity index is 325. The number of hydrogen-bond donors (Lipinski definition) is 2. The predicted octanol–water partition coefficient (Wildman–Crippen LogP) is 2.58. The fourth-order valence-electron chi connectivity index (χ4n) is 1.22. The molecule has 2 unspecified atom stereocenters. The molecule has 0 amide bonds. The molecule has 0 bridgehead atoms. The quantitative estimate of drug-likeness (QED) is 0.774. The molecule has 0 aliphatic rings. The standard InChI is InChI=1S/C12H19NOS/c1-8-11(5-4-6-12(8)13)7-15-10(3)9(2)14/h4-6,9-10,14H,7,13H2,1-3H3. The fraction of sp³-hybridized carbons (Fsp3) is 0.500. The van der Waals surface area contributed by atoms with Gasteiger partial charge in [0.25, 0.3) is 0 Å². The zero-order valence-corrected chi connectivity index (χ0v) is 10.3.